The SMILES string of the molecule is C=CCCCCCCOC=O. The second kappa shape index (κ2) is 9.21. The fraction of sp³-hybridized carbons (Fsp3) is 0.667. The molecule has 0 aliphatic heterocycles. The Hall–Kier alpha value is -0.790. The second-order valence-electron chi connectivity index (χ2n) is 2.46. The molecule has 0 spiro atoms. The highest BCUT2D eigenvalue weighted by molar-refractivity contribution is 5.36. The monoisotopic (exact) mass is 156 g/mol. The molecule has 64 valence electrons. The number of hydrogen-bond acceptors (Lipinski definition) is 2. The summed E-state index contributed by atoms with van der Waals surface area (Å²) in [6.45, 7) is 4.71. The fourth-order valence-electron chi connectivity index (χ4n) is 0.876. The molecule has 0 heterocycles. The predicted octanol–water partition coefficient (Wildman–Crippen LogP) is 2.30. The first-order chi connectivity index (χ1) is 5.41. The number of allylic oxidation sites excluding steroid dienone is 1. The maximum Gasteiger partial charge on any atom is 0.293 e. The predicted molar refractivity (Wildman–Crippen MR) is 45.3 cm³/mol. The summed E-state index contributed by atoms with van der Waals surface area (Å²) in [4.78, 5) is 9.70. The van der Waals surface area contributed by atoms with Gasteiger partial charge >= 0.3 is 0 Å². The minimum absolute atomic E-state index is 0.504. The lowest BCUT2D eigenvalue weighted by atomic mass is 10.1. The molecule has 0 aliphatic carbocycles. The van der Waals surface area contributed by atoms with Gasteiger partial charge in [-0.1, -0.05) is 18.9 Å². The van der Waals surface area contributed by atoms with E-state index in [4.69, 9.17) is 0 Å². The van der Waals surface area contributed by atoms with Crippen LogP contribution >= 0.6 is 0 Å². The Morgan fingerprint density at radius 1 is 1.18 bits per heavy atom. The summed E-state index contributed by atoms with van der Waals surface area (Å²) in [5.41, 5.74) is 0. The first kappa shape index (κ1) is 10.2. The van der Waals surface area contributed by atoms with Crippen molar-refractivity contribution in [3.05, 3.63) is 12.7 Å². The van der Waals surface area contributed by atoms with Gasteiger partial charge in [0.2, 0.25) is 0 Å². The molecule has 0 rings (SSSR count). The number of carbonyl (C=O) groups is 1. The number of rotatable bonds is 8. The van der Waals surface area contributed by atoms with E-state index in [1.54, 1.807) is 0 Å². The van der Waals surface area contributed by atoms with Crippen molar-refractivity contribution in [1.82, 2.24) is 0 Å². The van der Waals surface area contributed by atoms with E-state index in [0.29, 0.717) is 13.1 Å². The standard InChI is InChI=1S/C9H16O2/c1-2-3-4-5-6-7-8-11-9-10/h2,9H,1,3-8H2. The molecular weight excluding hydrogens is 140 g/mol. The Balaban J connectivity index is 2.79. The highest BCUT2D eigenvalue weighted by Crippen LogP contribution is 2.02. The summed E-state index contributed by atoms with van der Waals surface area (Å²) in [7, 11) is 0. The smallest absolute Gasteiger partial charge is 0.293 e. The first-order valence-corrected chi connectivity index (χ1v) is 4.08. The van der Waals surface area contributed by atoms with Crippen molar-refractivity contribution in [2.24, 2.45) is 0 Å². The molecule has 0 atom stereocenters. The Labute approximate surface area is 68.2 Å². The molecule has 0 unspecified atom stereocenters. The largest absolute Gasteiger partial charge is 0.468 e. The van der Waals surface area contributed by atoms with Crippen LogP contribution in [0.3, 0.4) is 0 Å². The summed E-state index contributed by atoms with van der Waals surface area (Å²) in [5.74, 6) is 0. The van der Waals surface area contributed by atoms with Gasteiger partial charge in [-0.05, 0) is 19.3 Å². The molecule has 0 bridgehead atoms. The third-order valence-corrected chi connectivity index (χ3v) is 1.49. The average molecular weight is 156 g/mol. The van der Waals surface area contributed by atoms with Crippen LogP contribution < -0.4 is 0 Å². The number of hydrogen-bond donors (Lipinski definition) is 0. The molecule has 0 aromatic rings. The van der Waals surface area contributed by atoms with E-state index in [1.165, 1.54) is 12.8 Å². The zero-order chi connectivity index (χ0) is 8.36. The molecule has 0 radical (unpaired) electrons. The van der Waals surface area contributed by atoms with E-state index in [1.807, 2.05) is 6.08 Å². The molecule has 0 fully saturated rings. The average Bonchev–Trinajstić information content (AvgIpc) is 2.03. The molecule has 0 saturated carbocycles. The Morgan fingerprint density at radius 3 is 2.55 bits per heavy atom. The minimum atomic E-state index is 0.504. The molecule has 2 nitrogen and oxygen atoms in total. The maximum atomic E-state index is 9.70. The molecule has 0 aromatic heterocycles. The van der Waals surface area contributed by atoms with Crippen molar-refractivity contribution in [2.45, 2.75) is 32.1 Å². The van der Waals surface area contributed by atoms with Gasteiger partial charge in [0.05, 0.1) is 6.61 Å². The summed E-state index contributed by atoms with van der Waals surface area (Å²) in [6.07, 6.45) is 7.55. The summed E-state index contributed by atoms with van der Waals surface area (Å²) in [5, 5.41) is 0. The van der Waals surface area contributed by atoms with Gasteiger partial charge in [-0.25, -0.2) is 0 Å². The number of carbonyl (C=O) groups excluding carboxylic acids is 1. The van der Waals surface area contributed by atoms with Crippen molar-refractivity contribution in [3.8, 4) is 0 Å². The van der Waals surface area contributed by atoms with Gasteiger partial charge in [-0.3, -0.25) is 4.79 Å². The number of ether oxygens (including phenoxy) is 1. The fourth-order valence-corrected chi connectivity index (χ4v) is 0.876. The molecular formula is C9H16O2. The van der Waals surface area contributed by atoms with Crippen molar-refractivity contribution >= 4 is 6.47 Å². The number of unbranched alkanes of at least 4 members (excludes halogenated alkanes) is 4. The lowest BCUT2D eigenvalue weighted by Crippen LogP contribution is -1.90. The van der Waals surface area contributed by atoms with E-state index in [-0.39, 0.29) is 0 Å². The minimum Gasteiger partial charge on any atom is -0.468 e. The summed E-state index contributed by atoms with van der Waals surface area (Å²) in [6, 6.07) is 0. The van der Waals surface area contributed by atoms with Crippen LogP contribution in [0.25, 0.3) is 0 Å². The topological polar surface area (TPSA) is 26.3 Å². The third-order valence-electron chi connectivity index (χ3n) is 1.49. The maximum absolute atomic E-state index is 9.70. The van der Waals surface area contributed by atoms with Crippen LogP contribution in [0.15, 0.2) is 12.7 Å². The molecule has 0 N–H and O–H groups in total. The van der Waals surface area contributed by atoms with Gasteiger partial charge < -0.3 is 4.74 Å². The van der Waals surface area contributed by atoms with Crippen molar-refractivity contribution in [1.29, 1.82) is 0 Å². The van der Waals surface area contributed by atoms with Crippen LogP contribution in [0.5, 0.6) is 0 Å². The zero-order valence-electron chi connectivity index (χ0n) is 6.92. The van der Waals surface area contributed by atoms with Gasteiger partial charge in [0.25, 0.3) is 6.47 Å². The second-order valence-corrected chi connectivity index (χ2v) is 2.46. The van der Waals surface area contributed by atoms with E-state index in [9.17, 15) is 4.79 Å². The Bertz CT molecular complexity index is 87.7. The van der Waals surface area contributed by atoms with Gasteiger partial charge in [0.1, 0.15) is 0 Å². The first-order valence-electron chi connectivity index (χ1n) is 4.08. The van der Waals surface area contributed by atoms with Crippen molar-refractivity contribution < 1.29 is 9.53 Å². The molecule has 11 heavy (non-hydrogen) atoms. The van der Waals surface area contributed by atoms with Crippen LogP contribution in [-0.4, -0.2) is 13.1 Å². The lowest BCUT2D eigenvalue weighted by molar-refractivity contribution is -0.128. The zero-order valence-corrected chi connectivity index (χ0v) is 6.92. The third kappa shape index (κ3) is 9.21. The highest BCUT2D eigenvalue weighted by Gasteiger charge is 1.88. The van der Waals surface area contributed by atoms with Crippen molar-refractivity contribution in [3.63, 3.8) is 0 Å². The van der Waals surface area contributed by atoms with Crippen LogP contribution in [-0.2, 0) is 9.53 Å². The van der Waals surface area contributed by atoms with Crippen LogP contribution in [0.1, 0.15) is 32.1 Å². The van der Waals surface area contributed by atoms with E-state index < -0.39 is 0 Å². The molecule has 0 aliphatic rings. The molecule has 0 amide bonds. The quantitative estimate of drug-likeness (QED) is 0.306. The Kier molecular flexibility index (Phi) is 8.55. The van der Waals surface area contributed by atoms with E-state index in [0.717, 1.165) is 19.3 Å². The normalized spacial score (nSPS) is 9.09. The lowest BCUT2D eigenvalue weighted by Gasteiger charge is -1.97. The van der Waals surface area contributed by atoms with E-state index >= 15 is 0 Å². The van der Waals surface area contributed by atoms with Gasteiger partial charge in [0, 0.05) is 0 Å². The summed E-state index contributed by atoms with van der Waals surface area (Å²) < 4.78 is 4.54. The van der Waals surface area contributed by atoms with Crippen molar-refractivity contribution in [2.75, 3.05) is 6.61 Å². The summed E-state index contributed by atoms with van der Waals surface area (Å²) >= 11 is 0. The van der Waals surface area contributed by atoms with Crippen LogP contribution in [0.4, 0.5) is 0 Å². The molecule has 0 saturated heterocycles. The van der Waals surface area contributed by atoms with Crippen LogP contribution in [0, 0.1) is 0 Å². The van der Waals surface area contributed by atoms with Gasteiger partial charge in [-0.15, -0.1) is 6.58 Å². The van der Waals surface area contributed by atoms with E-state index in [2.05, 4.69) is 11.3 Å². The van der Waals surface area contributed by atoms with Gasteiger partial charge in [0.15, 0.2) is 0 Å². The van der Waals surface area contributed by atoms with Gasteiger partial charge in [-0.2, -0.15) is 0 Å². The Morgan fingerprint density at radius 2 is 1.91 bits per heavy atom. The van der Waals surface area contributed by atoms with Crippen LogP contribution in [0.2, 0.25) is 0 Å². The highest BCUT2D eigenvalue weighted by atomic mass is 16.5. The molecule has 0 aromatic carbocycles. The molecule has 2 heteroatoms.